The average Bonchev–Trinajstić information content (AvgIpc) is 3.28. The molecule has 1 aliphatic carbocycles. The van der Waals surface area contributed by atoms with E-state index in [2.05, 4.69) is 5.32 Å². The molecule has 0 radical (unpaired) electrons. The fraction of sp³-hybridized carbons (Fsp3) is 0.500. The Balaban J connectivity index is 1.77. The van der Waals surface area contributed by atoms with Gasteiger partial charge in [-0.2, -0.15) is 0 Å². The predicted octanol–water partition coefficient (Wildman–Crippen LogP) is 3.23. The molecule has 7 nitrogen and oxygen atoms in total. The van der Waals surface area contributed by atoms with E-state index in [4.69, 9.17) is 4.74 Å². The van der Waals surface area contributed by atoms with Crippen molar-refractivity contribution in [3.8, 4) is 0 Å². The minimum atomic E-state index is -0.526. The topological polar surface area (TPSA) is 99.1 Å². The average molecular weight is 461 g/mol. The fourth-order valence-corrected chi connectivity index (χ4v) is 5.38. The first-order valence-corrected chi connectivity index (χ1v) is 11.9. The Morgan fingerprint density at radius 1 is 1.19 bits per heavy atom. The third-order valence-electron chi connectivity index (χ3n) is 5.27. The standard InChI is InChI=1S/C24H32N2O5S/c1-4-31-24(30)21-19-9-6-10-20(19)32-23(21)25-22(29)18-8-5-7-17(11-18)14-26(12-15(2)27)13-16(3)28/h5,7-8,11,15-16,27-28H,4,6,9-10,12-14H2,1-3H3,(H,25,29). The lowest BCUT2D eigenvalue weighted by Gasteiger charge is -2.25. The zero-order valence-corrected chi connectivity index (χ0v) is 19.7. The molecule has 0 fully saturated rings. The van der Waals surface area contributed by atoms with Gasteiger partial charge in [0.25, 0.3) is 5.91 Å². The van der Waals surface area contributed by atoms with Crippen LogP contribution in [0.25, 0.3) is 0 Å². The van der Waals surface area contributed by atoms with Crippen molar-refractivity contribution in [1.82, 2.24) is 4.90 Å². The van der Waals surface area contributed by atoms with Crippen LogP contribution in [0.15, 0.2) is 24.3 Å². The number of amides is 1. The maximum absolute atomic E-state index is 13.0. The van der Waals surface area contributed by atoms with E-state index in [1.54, 1.807) is 32.9 Å². The molecule has 8 heteroatoms. The number of anilines is 1. The van der Waals surface area contributed by atoms with Gasteiger partial charge >= 0.3 is 5.97 Å². The third kappa shape index (κ3) is 6.16. The Bertz CT molecular complexity index is 944. The lowest BCUT2D eigenvalue weighted by atomic mass is 10.1. The van der Waals surface area contributed by atoms with Crippen LogP contribution >= 0.6 is 11.3 Å². The van der Waals surface area contributed by atoms with Crippen LogP contribution in [0.4, 0.5) is 5.00 Å². The number of carbonyl (C=O) groups excluding carboxylic acids is 2. The number of carbonyl (C=O) groups is 2. The number of fused-ring (bicyclic) bond motifs is 1. The highest BCUT2D eigenvalue weighted by Gasteiger charge is 2.28. The molecular formula is C24H32N2O5S. The number of nitrogens with zero attached hydrogens (tertiary/aromatic N) is 1. The van der Waals surface area contributed by atoms with Crippen LogP contribution in [0.2, 0.25) is 0 Å². The highest BCUT2D eigenvalue weighted by atomic mass is 32.1. The van der Waals surface area contributed by atoms with Crippen LogP contribution in [0.5, 0.6) is 0 Å². The maximum Gasteiger partial charge on any atom is 0.341 e. The van der Waals surface area contributed by atoms with Gasteiger partial charge in [-0.15, -0.1) is 11.3 Å². The maximum atomic E-state index is 13.0. The lowest BCUT2D eigenvalue weighted by Crippen LogP contribution is -2.35. The van der Waals surface area contributed by atoms with Gasteiger partial charge in [-0.25, -0.2) is 4.79 Å². The molecule has 1 aromatic carbocycles. The molecule has 1 amide bonds. The van der Waals surface area contributed by atoms with Gasteiger partial charge < -0.3 is 20.3 Å². The van der Waals surface area contributed by atoms with Crippen molar-refractivity contribution < 1.29 is 24.5 Å². The molecule has 1 aliphatic rings. The van der Waals surface area contributed by atoms with E-state index >= 15 is 0 Å². The molecule has 1 aromatic heterocycles. The second-order valence-corrected chi connectivity index (χ2v) is 9.43. The van der Waals surface area contributed by atoms with Gasteiger partial charge in [0.2, 0.25) is 0 Å². The van der Waals surface area contributed by atoms with Crippen LogP contribution in [0, 0.1) is 0 Å². The second-order valence-electron chi connectivity index (χ2n) is 8.33. The van der Waals surface area contributed by atoms with Crippen LogP contribution in [-0.2, 0) is 24.1 Å². The normalized spacial score (nSPS) is 14.8. The number of hydrogen-bond donors (Lipinski definition) is 3. The summed E-state index contributed by atoms with van der Waals surface area (Å²) in [5.41, 5.74) is 2.89. The number of benzene rings is 1. The molecular weight excluding hydrogens is 428 g/mol. The van der Waals surface area contributed by atoms with Crippen molar-refractivity contribution >= 4 is 28.2 Å². The summed E-state index contributed by atoms with van der Waals surface area (Å²) in [6, 6.07) is 7.26. The van der Waals surface area contributed by atoms with Crippen LogP contribution < -0.4 is 5.32 Å². The monoisotopic (exact) mass is 460 g/mol. The van der Waals surface area contributed by atoms with E-state index in [1.807, 2.05) is 17.0 Å². The zero-order valence-electron chi connectivity index (χ0n) is 18.9. The van der Waals surface area contributed by atoms with Crippen molar-refractivity contribution in [3.05, 3.63) is 51.4 Å². The van der Waals surface area contributed by atoms with Crippen molar-refractivity contribution in [2.24, 2.45) is 0 Å². The molecule has 0 saturated carbocycles. The highest BCUT2D eigenvalue weighted by molar-refractivity contribution is 7.17. The number of aliphatic hydroxyl groups excluding tert-OH is 2. The lowest BCUT2D eigenvalue weighted by molar-refractivity contribution is 0.0527. The number of aliphatic hydroxyl groups is 2. The van der Waals surface area contributed by atoms with Gasteiger partial charge in [-0.3, -0.25) is 9.69 Å². The number of aryl methyl sites for hydroxylation is 1. The molecule has 0 spiro atoms. The molecule has 0 saturated heterocycles. The molecule has 2 unspecified atom stereocenters. The summed E-state index contributed by atoms with van der Waals surface area (Å²) in [5.74, 6) is -0.669. The summed E-state index contributed by atoms with van der Waals surface area (Å²) in [7, 11) is 0. The van der Waals surface area contributed by atoms with Crippen LogP contribution in [-0.4, -0.2) is 58.9 Å². The van der Waals surface area contributed by atoms with Crippen molar-refractivity contribution in [2.75, 3.05) is 25.0 Å². The van der Waals surface area contributed by atoms with E-state index in [9.17, 15) is 19.8 Å². The quantitative estimate of drug-likeness (QED) is 0.471. The summed E-state index contributed by atoms with van der Waals surface area (Å²) in [5, 5.41) is 23.0. The molecule has 2 atom stereocenters. The summed E-state index contributed by atoms with van der Waals surface area (Å²) in [4.78, 5) is 28.7. The largest absolute Gasteiger partial charge is 0.462 e. The van der Waals surface area contributed by atoms with Gasteiger partial charge in [-0.1, -0.05) is 12.1 Å². The van der Waals surface area contributed by atoms with Crippen LogP contribution in [0.3, 0.4) is 0 Å². The van der Waals surface area contributed by atoms with Crippen molar-refractivity contribution in [1.29, 1.82) is 0 Å². The highest BCUT2D eigenvalue weighted by Crippen LogP contribution is 2.39. The number of nitrogens with one attached hydrogen (secondary N) is 1. The molecule has 0 bridgehead atoms. The SMILES string of the molecule is CCOC(=O)c1c(NC(=O)c2cccc(CN(CC(C)O)CC(C)O)c2)sc2c1CCC2. The Morgan fingerprint density at radius 2 is 1.91 bits per heavy atom. The molecule has 32 heavy (non-hydrogen) atoms. The first kappa shape index (κ1) is 24.4. The van der Waals surface area contributed by atoms with E-state index in [0.29, 0.717) is 35.8 Å². The van der Waals surface area contributed by atoms with E-state index in [0.717, 1.165) is 35.3 Å². The summed E-state index contributed by atoms with van der Waals surface area (Å²) in [6.07, 6.45) is 1.71. The molecule has 0 aliphatic heterocycles. The second kappa shape index (κ2) is 11.0. The molecule has 3 N–H and O–H groups in total. The Kier molecular flexibility index (Phi) is 8.42. The van der Waals surface area contributed by atoms with Gasteiger partial charge in [0.1, 0.15) is 5.00 Å². The predicted molar refractivity (Wildman–Crippen MR) is 125 cm³/mol. The first-order chi connectivity index (χ1) is 15.3. The molecule has 2 aromatic rings. The third-order valence-corrected chi connectivity index (χ3v) is 6.48. The first-order valence-electron chi connectivity index (χ1n) is 11.1. The number of ether oxygens (including phenoxy) is 1. The number of hydrogen-bond acceptors (Lipinski definition) is 7. The van der Waals surface area contributed by atoms with Crippen molar-refractivity contribution in [2.45, 2.75) is 58.8 Å². The summed E-state index contributed by atoms with van der Waals surface area (Å²) < 4.78 is 5.24. The molecule has 1 heterocycles. The van der Waals surface area contributed by atoms with Gasteiger partial charge in [0.15, 0.2) is 0 Å². The minimum absolute atomic E-state index is 0.282. The van der Waals surface area contributed by atoms with Gasteiger partial charge in [0, 0.05) is 30.1 Å². The van der Waals surface area contributed by atoms with Gasteiger partial charge in [0.05, 0.1) is 24.4 Å². The minimum Gasteiger partial charge on any atom is -0.462 e. The number of rotatable bonds is 10. The zero-order chi connectivity index (χ0) is 23.3. The van der Waals surface area contributed by atoms with E-state index in [1.165, 1.54) is 11.3 Å². The van der Waals surface area contributed by atoms with Crippen molar-refractivity contribution in [3.63, 3.8) is 0 Å². The summed E-state index contributed by atoms with van der Waals surface area (Å²) in [6.45, 7) is 6.81. The van der Waals surface area contributed by atoms with Crippen LogP contribution in [0.1, 0.15) is 63.9 Å². The Labute approximate surface area is 193 Å². The number of esters is 1. The van der Waals surface area contributed by atoms with E-state index < -0.39 is 12.2 Å². The fourth-order valence-electron chi connectivity index (χ4n) is 4.11. The Hall–Kier alpha value is -2.26. The van der Waals surface area contributed by atoms with E-state index in [-0.39, 0.29) is 18.5 Å². The Morgan fingerprint density at radius 3 is 2.56 bits per heavy atom. The molecule has 3 rings (SSSR count). The number of thiophene rings is 1. The summed E-state index contributed by atoms with van der Waals surface area (Å²) >= 11 is 1.46. The molecule has 174 valence electrons. The van der Waals surface area contributed by atoms with Gasteiger partial charge in [-0.05, 0) is 63.3 Å². The smallest absolute Gasteiger partial charge is 0.341 e.